The number of nitrogens with zero attached hydrogens (tertiary/aromatic N) is 5. The van der Waals surface area contributed by atoms with Gasteiger partial charge >= 0.3 is 0 Å². The topological polar surface area (TPSA) is 56.0 Å². The zero-order chi connectivity index (χ0) is 13.2. The van der Waals surface area contributed by atoms with E-state index in [1.165, 1.54) is 11.3 Å². The molecule has 0 radical (unpaired) electrons. The molecule has 98 valence electrons. The molecule has 0 unspecified atom stereocenters. The summed E-state index contributed by atoms with van der Waals surface area (Å²) >= 11 is 3.37. The van der Waals surface area contributed by atoms with Crippen LogP contribution in [0.1, 0.15) is 19.7 Å². The Labute approximate surface area is 119 Å². The van der Waals surface area contributed by atoms with E-state index in [2.05, 4.69) is 34.1 Å². The van der Waals surface area contributed by atoms with Crippen molar-refractivity contribution in [3.63, 3.8) is 0 Å². The van der Waals surface area contributed by atoms with Gasteiger partial charge in [0.1, 0.15) is 5.01 Å². The van der Waals surface area contributed by atoms with Crippen LogP contribution in [0.2, 0.25) is 0 Å². The first-order valence-electron chi connectivity index (χ1n) is 5.97. The molecule has 0 bridgehead atoms. The third kappa shape index (κ3) is 2.62. The highest BCUT2D eigenvalue weighted by atomic mass is 32.2. The van der Waals surface area contributed by atoms with Gasteiger partial charge in [0, 0.05) is 18.0 Å². The summed E-state index contributed by atoms with van der Waals surface area (Å²) < 4.78 is 1.84. The summed E-state index contributed by atoms with van der Waals surface area (Å²) in [7, 11) is 0. The summed E-state index contributed by atoms with van der Waals surface area (Å²) in [5.41, 5.74) is 1.01. The Hall–Kier alpha value is -1.47. The Morgan fingerprint density at radius 3 is 3.00 bits per heavy atom. The molecule has 0 saturated heterocycles. The Kier molecular flexibility index (Phi) is 3.48. The number of rotatable bonds is 4. The van der Waals surface area contributed by atoms with E-state index in [1.54, 1.807) is 6.20 Å². The number of thioether (sulfide) groups is 1. The minimum absolute atomic E-state index is 0.573. The van der Waals surface area contributed by atoms with Crippen molar-refractivity contribution < 1.29 is 0 Å². The predicted octanol–water partition coefficient (Wildman–Crippen LogP) is 2.89. The molecule has 0 atom stereocenters. The van der Waals surface area contributed by atoms with Crippen molar-refractivity contribution in [3.05, 3.63) is 30.4 Å². The number of aromatic nitrogens is 5. The lowest BCUT2D eigenvalue weighted by atomic mass is 10.3. The molecule has 0 amide bonds. The maximum absolute atomic E-state index is 4.58. The zero-order valence-corrected chi connectivity index (χ0v) is 12.3. The molecular formula is C12H13N5S2. The quantitative estimate of drug-likeness (QED) is 0.740. The van der Waals surface area contributed by atoms with Crippen molar-refractivity contribution in [2.75, 3.05) is 0 Å². The van der Waals surface area contributed by atoms with E-state index in [0.717, 1.165) is 27.1 Å². The van der Waals surface area contributed by atoms with E-state index < -0.39 is 0 Å². The van der Waals surface area contributed by atoms with Crippen LogP contribution < -0.4 is 0 Å². The summed E-state index contributed by atoms with van der Waals surface area (Å²) in [4.78, 5) is 4.95. The second kappa shape index (κ2) is 5.26. The third-order valence-electron chi connectivity index (χ3n) is 2.51. The fourth-order valence-electron chi connectivity index (χ4n) is 1.59. The van der Waals surface area contributed by atoms with Crippen LogP contribution in [0.25, 0.3) is 15.5 Å². The van der Waals surface area contributed by atoms with E-state index in [-0.39, 0.29) is 0 Å². The zero-order valence-electron chi connectivity index (χ0n) is 10.6. The Bertz CT molecular complexity index is 674. The first-order chi connectivity index (χ1) is 9.24. The second-order valence-electron chi connectivity index (χ2n) is 4.32. The highest BCUT2D eigenvalue weighted by Crippen LogP contribution is 2.25. The minimum Gasteiger partial charge on any atom is -0.264 e. The normalized spacial score (nSPS) is 11.5. The molecule has 0 aliphatic heterocycles. The maximum atomic E-state index is 4.58. The molecule has 19 heavy (non-hydrogen) atoms. The largest absolute Gasteiger partial charge is 0.264 e. The van der Waals surface area contributed by atoms with Crippen LogP contribution in [0.4, 0.5) is 0 Å². The van der Waals surface area contributed by atoms with Crippen LogP contribution in [0.5, 0.6) is 0 Å². The third-order valence-corrected chi connectivity index (χ3v) is 4.55. The Morgan fingerprint density at radius 2 is 2.26 bits per heavy atom. The van der Waals surface area contributed by atoms with Gasteiger partial charge in [0.15, 0.2) is 5.82 Å². The van der Waals surface area contributed by atoms with Gasteiger partial charge in [0.05, 0.1) is 5.75 Å². The van der Waals surface area contributed by atoms with E-state index in [9.17, 15) is 0 Å². The predicted molar refractivity (Wildman–Crippen MR) is 78.3 cm³/mol. The molecule has 5 nitrogen and oxygen atoms in total. The van der Waals surface area contributed by atoms with E-state index >= 15 is 0 Å². The van der Waals surface area contributed by atoms with Gasteiger partial charge in [-0.2, -0.15) is 21.4 Å². The molecule has 7 heteroatoms. The molecule has 0 aromatic carbocycles. The molecular weight excluding hydrogens is 278 g/mol. The Balaban J connectivity index is 1.94. The lowest BCUT2D eigenvalue weighted by Crippen LogP contribution is -1.96. The van der Waals surface area contributed by atoms with E-state index in [1.807, 2.05) is 34.6 Å². The molecule has 0 aliphatic carbocycles. The minimum atomic E-state index is 0.573. The van der Waals surface area contributed by atoms with Crippen LogP contribution in [0.3, 0.4) is 0 Å². The van der Waals surface area contributed by atoms with Crippen LogP contribution in [-0.2, 0) is 5.75 Å². The summed E-state index contributed by atoms with van der Waals surface area (Å²) in [6, 6.07) is 3.91. The van der Waals surface area contributed by atoms with Crippen LogP contribution >= 0.6 is 23.1 Å². The number of pyridine rings is 1. The summed E-state index contributed by atoms with van der Waals surface area (Å²) in [6.45, 7) is 4.34. The van der Waals surface area contributed by atoms with Gasteiger partial charge in [-0.05, 0) is 17.4 Å². The number of hydrogen-bond acceptors (Lipinski definition) is 6. The van der Waals surface area contributed by atoms with Crippen molar-refractivity contribution in [2.24, 2.45) is 0 Å². The smallest absolute Gasteiger partial charge is 0.235 e. The van der Waals surface area contributed by atoms with Gasteiger partial charge in [0.2, 0.25) is 4.96 Å². The van der Waals surface area contributed by atoms with Crippen molar-refractivity contribution in [2.45, 2.75) is 24.9 Å². The molecule has 3 rings (SSSR count). The standard InChI is InChI=1S/C12H13N5S2/c1-8(2)18-7-10-14-15-12-17(10)16-11(19-12)9-4-3-5-13-6-9/h3-6,8H,7H2,1-2H3. The van der Waals surface area contributed by atoms with Gasteiger partial charge < -0.3 is 0 Å². The van der Waals surface area contributed by atoms with E-state index in [4.69, 9.17) is 0 Å². The molecule has 0 N–H and O–H groups in total. The summed E-state index contributed by atoms with van der Waals surface area (Å²) in [5.74, 6) is 1.73. The maximum Gasteiger partial charge on any atom is 0.235 e. The van der Waals surface area contributed by atoms with Crippen molar-refractivity contribution in [3.8, 4) is 10.6 Å². The van der Waals surface area contributed by atoms with Crippen LogP contribution in [-0.4, -0.2) is 30.0 Å². The highest BCUT2D eigenvalue weighted by Gasteiger charge is 2.13. The summed E-state index contributed by atoms with van der Waals surface area (Å²) in [5, 5.41) is 14.4. The van der Waals surface area contributed by atoms with Crippen molar-refractivity contribution >= 4 is 28.1 Å². The fraction of sp³-hybridized carbons (Fsp3) is 0.333. The highest BCUT2D eigenvalue weighted by molar-refractivity contribution is 7.99. The van der Waals surface area contributed by atoms with Gasteiger partial charge in [-0.25, -0.2) is 0 Å². The van der Waals surface area contributed by atoms with E-state index in [0.29, 0.717) is 5.25 Å². The SMILES string of the molecule is CC(C)SCc1nnc2sc(-c3cccnc3)nn12. The van der Waals surface area contributed by atoms with Crippen LogP contribution in [0.15, 0.2) is 24.5 Å². The lowest BCUT2D eigenvalue weighted by molar-refractivity contribution is 0.885. The molecule has 3 aromatic heterocycles. The van der Waals surface area contributed by atoms with Gasteiger partial charge in [-0.3, -0.25) is 4.98 Å². The Morgan fingerprint density at radius 1 is 1.37 bits per heavy atom. The first kappa shape index (κ1) is 12.6. The molecule has 3 aromatic rings. The van der Waals surface area contributed by atoms with Crippen molar-refractivity contribution in [1.82, 2.24) is 24.8 Å². The van der Waals surface area contributed by atoms with Crippen LogP contribution in [0, 0.1) is 0 Å². The van der Waals surface area contributed by atoms with Gasteiger partial charge in [0.25, 0.3) is 0 Å². The average molecular weight is 291 g/mol. The van der Waals surface area contributed by atoms with Gasteiger partial charge in [-0.1, -0.05) is 25.2 Å². The lowest BCUT2D eigenvalue weighted by Gasteiger charge is -2.01. The fourth-order valence-corrected chi connectivity index (χ4v) is 3.11. The van der Waals surface area contributed by atoms with Crippen molar-refractivity contribution in [1.29, 1.82) is 0 Å². The molecule has 0 spiro atoms. The van der Waals surface area contributed by atoms with Gasteiger partial charge in [-0.15, -0.1) is 10.2 Å². The molecule has 3 heterocycles. The number of fused-ring (bicyclic) bond motifs is 1. The molecule has 0 saturated carbocycles. The second-order valence-corrected chi connectivity index (χ2v) is 6.84. The summed E-state index contributed by atoms with van der Waals surface area (Å²) in [6.07, 6.45) is 3.57. The number of hydrogen-bond donors (Lipinski definition) is 0. The first-order valence-corrected chi connectivity index (χ1v) is 7.83. The average Bonchev–Trinajstić information content (AvgIpc) is 2.97. The monoisotopic (exact) mass is 291 g/mol. The molecule has 0 fully saturated rings. The molecule has 0 aliphatic rings.